The van der Waals surface area contributed by atoms with Gasteiger partial charge in [-0.05, 0) is 41.8 Å². The fourth-order valence-electron chi connectivity index (χ4n) is 2.39. The van der Waals surface area contributed by atoms with Crippen molar-refractivity contribution in [2.45, 2.75) is 20.0 Å². The summed E-state index contributed by atoms with van der Waals surface area (Å²) in [4.78, 5) is 16.8. The Morgan fingerprint density at radius 2 is 1.96 bits per heavy atom. The van der Waals surface area contributed by atoms with E-state index >= 15 is 0 Å². The Kier molecular flexibility index (Phi) is 6.17. The zero-order chi connectivity index (χ0) is 19.1. The van der Waals surface area contributed by atoms with E-state index in [0.29, 0.717) is 28.7 Å². The number of hydrogen-bond donors (Lipinski definition) is 2. The zero-order valence-corrected chi connectivity index (χ0v) is 15.7. The molecule has 2 aromatic carbocycles. The lowest BCUT2D eigenvalue weighted by Crippen LogP contribution is -2.17. The average Bonchev–Trinajstić information content (AvgIpc) is 3.09. The molecule has 0 fully saturated rings. The Morgan fingerprint density at radius 1 is 1.22 bits per heavy atom. The van der Waals surface area contributed by atoms with Crippen molar-refractivity contribution in [2.24, 2.45) is 5.10 Å². The molecule has 1 aromatic heterocycles. The third-order valence-corrected chi connectivity index (χ3v) is 4.69. The van der Waals surface area contributed by atoms with E-state index in [1.54, 1.807) is 6.21 Å². The molecule has 1 amide bonds. The van der Waals surface area contributed by atoms with Gasteiger partial charge in [0.2, 0.25) is 0 Å². The number of hydrogen-bond acceptors (Lipinski definition) is 6. The second kappa shape index (κ2) is 8.95. The Bertz CT molecular complexity index is 921. The molecular weight excluding hydrogens is 360 g/mol. The molecule has 138 valence electrons. The first-order chi connectivity index (χ1) is 13.2. The van der Waals surface area contributed by atoms with Gasteiger partial charge in [0.25, 0.3) is 5.91 Å². The Morgan fingerprint density at radius 3 is 2.67 bits per heavy atom. The average molecular weight is 380 g/mol. The molecule has 0 saturated heterocycles. The summed E-state index contributed by atoms with van der Waals surface area (Å²) in [6.07, 6.45) is 2.22. The van der Waals surface area contributed by atoms with Crippen LogP contribution in [0.5, 0.6) is 5.75 Å². The SMILES string of the molecule is CCc1nc(N)sc1C(=O)N/N=C/c1ccc(OCc2ccccc2)cc1. The molecule has 7 heteroatoms. The predicted octanol–water partition coefficient (Wildman–Crippen LogP) is 3.63. The summed E-state index contributed by atoms with van der Waals surface area (Å²) >= 11 is 1.16. The van der Waals surface area contributed by atoms with Crippen LogP contribution in [0.15, 0.2) is 59.7 Å². The number of nitrogens with one attached hydrogen (secondary N) is 1. The minimum atomic E-state index is -0.305. The summed E-state index contributed by atoms with van der Waals surface area (Å²) in [6.45, 7) is 2.44. The largest absolute Gasteiger partial charge is 0.489 e. The minimum Gasteiger partial charge on any atom is -0.489 e. The molecular formula is C20H20N4O2S. The van der Waals surface area contributed by atoms with Gasteiger partial charge in [0.15, 0.2) is 5.13 Å². The molecule has 0 unspecified atom stereocenters. The number of carbonyl (C=O) groups is 1. The van der Waals surface area contributed by atoms with Gasteiger partial charge in [0.1, 0.15) is 17.2 Å². The number of thiazole rings is 1. The molecule has 6 nitrogen and oxygen atoms in total. The number of nitrogen functional groups attached to an aromatic ring is 1. The van der Waals surface area contributed by atoms with Crippen LogP contribution in [0.2, 0.25) is 0 Å². The Balaban J connectivity index is 1.54. The van der Waals surface area contributed by atoms with Crippen LogP contribution >= 0.6 is 11.3 Å². The number of carbonyl (C=O) groups excluding carboxylic acids is 1. The highest BCUT2D eigenvalue weighted by molar-refractivity contribution is 7.17. The molecule has 3 N–H and O–H groups in total. The molecule has 0 spiro atoms. The van der Waals surface area contributed by atoms with Crippen molar-refractivity contribution in [3.8, 4) is 5.75 Å². The Labute approximate surface area is 161 Å². The van der Waals surface area contributed by atoms with Gasteiger partial charge in [0, 0.05) is 0 Å². The van der Waals surface area contributed by atoms with E-state index in [2.05, 4.69) is 15.5 Å². The maximum absolute atomic E-state index is 12.2. The van der Waals surface area contributed by atoms with Gasteiger partial charge in [-0.2, -0.15) is 5.10 Å². The molecule has 0 bridgehead atoms. The van der Waals surface area contributed by atoms with Gasteiger partial charge >= 0.3 is 0 Å². The van der Waals surface area contributed by atoms with E-state index in [9.17, 15) is 4.79 Å². The fraction of sp³-hybridized carbons (Fsp3) is 0.150. The third-order valence-electron chi connectivity index (χ3n) is 3.76. The van der Waals surface area contributed by atoms with Crippen molar-refractivity contribution in [3.05, 3.63) is 76.3 Å². The summed E-state index contributed by atoms with van der Waals surface area (Å²) in [6, 6.07) is 17.5. The summed E-state index contributed by atoms with van der Waals surface area (Å²) in [5.41, 5.74) is 10.8. The molecule has 0 radical (unpaired) electrons. The maximum Gasteiger partial charge on any atom is 0.283 e. The molecule has 3 aromatic rings. The molecule has 0 aliphatic heterocycles. The molecule has 27 heavy (non-hydrogen) atoms. The van der Waals surface area contributed by atoms with Gasteiger partial charge < -0.3 is 10.5 Å². The molecule has 0 saturated carbocycles. The molecule has 3 rings (SSSR count). The first-order valence-corrected chi connectivity index (χ1v) is 9.32. The van der Waals surface area contributed by atoms with Crippen molar-refractivity contribution in [1.29, 1.82) is 0 Å². The van der Waals surface area contributed by atoms with Crippen molar-refractivity contribution in [1.82, 2.24) is 10.4 Å². The van der Waals surface area contributed by atoms with E-state index in [1.807, 2.05) is 61.5 Å². The minimum absolute atomic E-state index is 0.305. The number of nitrogens with zero attached hydrogens (tertiary/aromatic N) is 2. The number of rotatable bonds is 7. The summed E-state index contributed by atoms with van der Waals surface area (Å²) < 4.78 is 5.74. The van der Waals surface area contributed by atoms with E-state index < -0.39 is 0 Å². The fourth-order valence-corrected chi connectivity index (χ4v) is 3.21. The number of aromatic nitrogens is 1. The van der Waals surface area contributed by atoms with Crippen LogP contribution in [-0.2, 0) is 13.0 Å². The van der Waals surface area contributed by atoms with Crippen molar-refractivity contribution < 1.29 is 9.53 Å². The van der Waals surface area contributed by atoms with Crippen molar-refractivity contribution >= 4 is 28.6 Å². The van der Waals surface area contributed by atoms with Gasteiger partial charge in [-0.3, -0.25) is 4.79 Å². The van der Waals surface area contributed by atoms with E-state index in [0.717, 1.165) is 28.2 Å². The number of aryl methyl sites for hydroxylation is 1. The van der Waals surface area contributed by atoms with Crippen LogP contribution in [0, 0.1) is 0 Å². The summed E-state index contributed by atoms with van der Waals surface area (Å²) in [5.74, 6) is 0.466. The van der Waals surface area contributed by atoms with E-state index in [-0.39, 0.29) is 5.91 Å². The van der Waals surface area contributed by atoms with E-state index in [1.165, 1.54) is 0 Å². The molecule has 0 atom stereocenters. The van der Waals surface area contributed by atoms with Crippen LogP contribution in [0.25, 0.3) is 0 Å². The lowest BCUT2D eigenvalue weighted by atomic mass is 10.2. The number of anilines is 1. The van der Waals surface area contributed by atoms with Gasteiger partial charge in [-0.25, -0.2) is 10.4 Å². The Hall–Kier alpha value is -3.19. The predicted molar refractivity (Wildman–Crippen MR) is 108 cm³/mol. The normalized spacial score (nSPS) is 10.9. The number of ether oxygens (including phenoxy) is 1. The second-order valence-corrected chi connectivity index (χ2v) is 6.75. The molecule has 1 heterocycles. The molecule has 0 aliphatic carbocycles. The maximum atomic E-state index is 12.2. The van der Waals surface area contributed by atoms with Gasteiger partial charge in [-0.15, -0.1) is 0 Å². The van der Waals surface area contributed by atoms with Crippen LogP contribution < -0.4 is 15.9 Å². The third kappa shape index (κ3) is 5.15. The number of amides is 1. The smallest absolute Gasteiger partial charge is 0.283 e. The summed E-state index contributed by atoms with van der Waals surface area (Å²) in [7, 11) is 0. The number of benzene rings is 2. The molecule has 0 aliphatic rings. The first-order valence-electron chi connectivity index (χ1n) is 8.51. The van der Waals surface area contributed by atoms with Gasteiger partial charge in [0.05, 0.1) is 11.9 Å². The lowest BCUT2D eigenvalue weighted by Gasteiger charge is -2.06. The lowest BCUT2D eigenvalue weighted by molar-refractivity contribution is 0.0958. The second-order valence-electron chi connectivity index (χ2n) is 5.72. The highest BCUT2D eigenvalue weighted by Gasteiger charge is 2.15. The van der Waals surface area contributed by atoms with Crippen molar-refractivity contribution in [2.75, 3.05) is 5.73 Å². The quantitative estimate of drug-likeness (QED) is 0.484. The number of hydrazone groups is 1. The van der Waals surface area contributed by atoms with Crippen LogP contribution in [0.1, 0.15) is 33.4 Å². The topological polar surface area (TPSA) is 89.6 Å². The van der Waals surface area contributed by atoms with E-state index in [4.69, 9.17) is 10.5 Å². The monoisotopic (exact) mass is 380 g/mol. The van der Waals surface area contributed by atoms with Crippen molar-refractivity contribution in [3.63, 3.8) is 0 Å². The highest BCUT2D eigenvalue weighted by atomic mass is 32.1. The highest BCUT2D eigenvalue weighted by Crippen LogP contribution is 2.20. The zero-order valence-electron chi connectivity index (χ0n) is 14.9. The van der Waals surface area contributed by atoms with Crippen LogP contribution in [0.4, 0.5) is 5.13 Å². The van der Waals surface area contributed by atoms with Crippen LogP contribution in [0.3, 0.4) is 0 Å². The number of nitrogens with two attached hydrogens (primary N) is 1. The van der Waals surface area contributed by atoms with Crippen LogP contribution in [-0.4, -0.2) is 17.1 Å². The first kappa shape index (κ1) is 18.6. The van der Waals surface area contributed by atoms with Gasteiger partial charge in [-0.1, -0.05) is 48.6 Å². The summed E-state index contributed by atoms with van der Waals surface area (Å²) in [5, 5.41) is 4.38. The standard InChI is InChI=1S/C20H20N4O2S/c1-2-17-18(27-20(21)23-17)19(25)24-22-12-14-8-10-16(11-9-14)26-13-15-6-4-3-5-7-15/h3-12H,2,13H2,1H3,(H2,21,23)(H,24,25)/b22-12+.